The van der Waals surface area contributed by atoms with E-state index >= 15 is 0 Å². The first-order chi connectivity index (χ1) is 9.07. The molecule has 0 unspecified atom stereocenters. The van der Waals surface area contributed by atoms with Crippen LogP contribution in [-0.4, -0.2) is 27.6 Å². The van der Waals surface area contributed by atoms with E-state index in [-0.39, 0.29) is 5.92 Å². The maximum atomic E-state index is 11.1. The molecule has 1 aromatic rings. The Balaban J connectivity index is 3.43. The fourth-order valence-electron chi connectivity index (χ4n) is 1.68. The highest BCUT2D eigenvalue weighted by Crippen LogP contribution is 2.36. The number of carbonyl (C=O) groups is 1. The topological polar surface area (TPSA) is 44.8 Å². The van der Waals surface area contributed by atoms with Gasteiger partial charge in [-0.25, -0.2) is 0 Å². The van der Waals surface area contributed by atoms with Crippen molar-refractivity contribution in [3.63, 3.8) is 0 Å². The van der Waals surface area contributed by atoms with Crippen LogP contribution in [0.5, 0.6) is 17.2 Å². The molecule has 0 spiro atoms. The molecule has 4 nitrogen and oxygen atoms in total. The van der Waals surface area contributed by atoms with Crippen molar-refractivity contribution < 1.29 is 19.0 Å². The largest absolute Gasteiger partial charge is 0.496 e. The number of benzene rings is 1. The van der Waals surface area contributed by atoms with Crippen molar-refractivity contribution in [1.82, 2.24) is 0 Å². The van der Waals surface area contributed by atoms with Gasteiger partial charge in [0.1, 0.15) is 23.5 Å². The lowest BCUT2D eigenvalue weighted by Gasteiger charge is -2.14. The van der Waals surface area contributed by atoms with E-state index in [2.05, 4.69) is 0 Å². The van der Waals surface area contributed by atoms with E-state index in [0.29, 0.717) is 22.8 Å². The zero-order valence-electron chi connectivity index (χ0n) is 12.0. The molecule has 0 aromatic heterocycles. The fourth-order valence-corrected chi connectivity index (χ4v) is 1.68. The van der Waals surface area contributed by atoms with E-state index in [1.165, 1.54) is 0 Å². The predicted molar refractivity (Wildman–Crippen MR) is 75.0 cm³/mol. The molecule has 0 heterocycles. The summed E-state index contributed by atoms with van der Waals surface area (Å²) in [4.78, 5) is 11.1. The Morgan fingerprint density at radius 2 is 1.58 bits per heavy atom. The van der Waals surface area contributed by atoms with Gasteiger partial charge in [-0.05, 0) is 17.6 Å². The van der Waals surface area contributed by atoms with E-state index < -0.39 is 0 Å². The van der Waals surface area contributed by atoms with Crippen LogP contribution in [0.4, 0.5) is 0 Å². The molecule has 104 valence electrons. The second-order valence-electron chi connectivity index (χ2n) is 4.36. The highest BCUT2D eigenvalue weighted by atomic mass is 16.5. The van der Waals surface area contributed by atoms with Crippen LogP contribution in [0.25, 0.3) is 6.08 Å². The molecule has 0 atom stereocenters. The molecule has 0 aliphatic rings. The molecule has 0 radical (unpaired) electrons. The van der Waals surface area contributed by atoms with Crippen molar-refractivity contribution in [2.24, 2.45) is 5.92 Å². The van der Waals surface area contributed by atoms with Gasteiger partial charge in [0, 0.05) is 12.1 Å². The third-order valence-electron chi connectivity index (χ3n) is 2.87. The quantitative estimate of drug-likeness (QED) is 0.585. The summed E-state index contributed by atoms with van der Waals surface area (Å²) < 4.78 is 15.9. The van der Waals surface area contributed by atoms with Gasteiger partial charge >= 0.3 is 0 Å². The minimum atomic E-state index is 0.133. The summed E-state index contributed by atoms with van der Waals surface area (Å²) in [5.41, 5.74) is 1.42. The number of hydrogen-bond donors (Lipinski definition) is 0. The molecule has 0 fully saturated rings. The molecule has 4 heteroatoms. The summed E-state index contributed by atoms with van der Waals surface area (Å²) in [6.07, 6.45) is 2.64. The first-order valence-electron chi connectivity index (χ1n) is 6.04. The Bertz CT molecular complexity index is 450. The normalized spacial score (nSPS) is 11.4. The van der Waals surface area contributed by atoms with Crippen molar-refractivity contribution in [2.45, 2.75) is 13.8 Å². The molecule has 0 amide bonds. The molecule has 0 aliphatic heterocycles. The summed E-state index contributed by atoms with van der Waals surface area (Å²) in [6.45, 7) is 3.92. The molecule has 1 aromatic carbocycles. The predicted octanol–water partition coefficient (Wildman–Crippen LogP) is 2.95. The van der Waals surface area contributed by atoms with Gasteiger partial charge in [-0.2, -0.15) is 0 Å². The summed E-state index contributed by atoms with van der Waals surface area (Å²) in [5, 5.41) is 0. The number of carbonyl (C=O) groups excluding carboxylic acids is 1. The maximum absolute atomic E-state index is 11.1. The zero-order valence-corrected chi connectivity index (χ0v) is 12.0. The molecule has 0 aliphatic carbocycles. The Morgan fingerprint density at radius 1 is 1.05 bits per heavy atom. The first-order valence-corrected chi connectivity index (χ1v) is 6.04. The van der Waals surface area contributed by atoms with Gasteiger partial charge in [-0.15, -0.1) is 0 Å². The van der Waals surface area contributed by atoms with Crippen LogP contribution >= 0.6 is 0 Å². The van der Waals surface area contributed by atoms with Gasteiger partial charge in [-0.3, -0.25) is 4.79 Å². The van der Waals surface area contributed by atoms with E-state index in [4.69, 9.17) is 14.2 Å². The third kappa shape index (κ3) is 3.50. The smallest absolute Gasteiger partial charge is 0.146 e. The number of hydrogen-bond acceptors (Lipinski definition) is 4. The van der Waals surface area contributed by atoms with Crippen LogP contribution in [0.15, 0.2) is 17.7 Å². The maximum Gasteiger partial charge on any atom is 0.146 e. The summed E-state index contributed by atoms with van der Waals surface area (Å²) >= 11 is 0. The molecule has 19 heavy (non-hydrogen) atoms. The monoisotopic (exact) mass is 264 g/mol. The lowest BCUT2D eigenvalue weighted by molar-refractivity contribution is -0.105. The minimum absolute atomic E-state index is 0.133. The summed E-state index contributed by atoms with van der Waals surface area (Å²) in [6, 6.07) is 3.52. The Morgan fingerprint density at radius 3 is 1.89 bits per heavy atom. The van der Waals surface area contributed by atoms with Gasteiger partial charge in [0.25, 0.3) is 0 Å². The fraction of sp³-hybridized carbons (Fsp3) is 0.400. The number of allylic oxidation sites excluding steroid dienone is 1. The number of ether oxygens (including phenoxy) is 3. The highest BCUT2D eigenvalue weighted by Gasteiger charge is 2.13. The van der Waals surface area contributed by atoms with Crippen LogP contribution < -0.4 is 14.2 Å². The second-order valence-corrected chi connectivity index (χ2v) is 4.36. The van der Waals surface area contributed by atoms with Gasteiger partial charge in [0.15, 0.2) is 0 Å². The molecule has 0 saturated carbocycles. The van der Waals surface area contributed by atoms with Gasteiger partial charge < -0.3 is 14.2 Å². The Labute approximate surface area is 114 Å². The minimum Gasteiger partial charge on any atom is -0.496 e. The van der Waals surface area contributed by atoms with E-state index in [1.54, 1.807) is 39.5 Å². The lowest BCUT2D eigenvalue weighted by atomic mass is 10.0. The van der Waals surface area contributed by atoms with Gasteiger partial charge in [0.2, 0.25) is 0 Å². The Kier molecular flexibility index (Phi) is 5.42. The molecule has 0 saturated heterocycles. The van der Waals surface area contributed by atoms with E-state index in [1.807, 2.05) is 13.8 Å². The van der Waals surface area contributed by atoms with Crippen LogP contribution in [0.1, 0.15) is 19.4 Å². The first kappa shape index (κ1) is 15.1. The number of aldehydes is 1. The molecular formula is C15H20O4. The SMILES string of the molecule is COc1cc(OC)c(C=C(C=O)C(C)C)c(OC)c1. The summed E-state index contributed by atoms with van der Waals surface area (Å²) in [7, 11) is 4.72. The van der Waals surface area contributed by atoms with E-state index in [0.717, 1.165) is 11.8 Å². The standard InChI is InChI=1S/C15H20O4/c1-10(2)11(9-16)6-13-14(18-4)7-12(17-3)8-15(13)19-5/h6-10H,1-5H3. The molecular weight excluding hydrogens is 244 g/mol. The Hall–Kier alpha value is -1.97. The highest BCUT2D eigenvalue weighted by molar-refractivity contribution is 5.84. The number of methoxy groups -OCH3 is 3. The van der Waals surface area contributed by atoms with Crippen molar-refractivity contribution >= 4 is 12.4 Å². The van der Waals surface area contributed by atoms with Gasteiger partial charge in [-0.1, -0.05) is 13.8 Å². The van der Waals surface area contributed by atoms with Gasteiger partial charge in [0.05, 0.1) is 26.9 Å². The molecule has 1 rings (SSSR count). The average Bonchev–Trinajstić information content (AvgIpc) is 2.43. The van der Waals surface area contributed by atoms with Crippen LogP contribution in [-0.2, 0) is 4.79 Å². The van der Waals surface area contributed by atoms with Crippen molar-refractivity contribution in [1.29, 1.82) is 0 Å². The van der Waals surface area contributed by atoms with Crippen LogP contribution in [0, 0.1) is 5.92 Å². The van der Waals surface area contributed by atoms with Crippen molar-refractivity contribution in [3.8, 4) is 17.2 Å². The zero-order chi connectivity index (χ0) is 14.4. The van der Waals surface area contributed by atoms with Crippen molar-refractivity contribution in [2.75, 3.05) is 21.3 Å². The number of rotatable bonds is 6. The van der Waals surface area contributed by atoms with Crippen LogP contribution in [0.2, 0.25) is 0 Å². The van der Waals surface area contributed by atoms with E-state index in [9.17, 15) is 4.79 Å². The molecule has 0 bridgehead atoms. The molecule has 0 N–H and O–H groups in total. The van der Waals surface area contributed by atoms with Crippen LogP contribution in [0.3, 0.4) is 0 Å². The lowest BCUT2D eigenvalue weighted by Crippen LogP contribution is -1.99. The van der Waals surface area contributed by atoms with Crippen molar-refractivity contribution in [3.05, 3.63) is 23.3 Å². The second kappa shape index (κ2) is 6.83. The third-order valence-corrected chi connectivity index (χ3v) is 2.87. The summed E-state index contributed by atoms with van der Waals surface area (Å²) in [5.74, 6) is 1.99. The average molecular weight is 264 g/mol.